The minimum Gasteiger partial charge on any atom is -0.396 e. The van der Waals surface area contributed by atoms with Gasteiger partial charge in [-0.05, 0) is 30.1 Å². The van der Waals surface area contributed by atoms with Gasteiger partial charge in [0.25, 0.3) is 0 Å². The third-order valence-corrected chi connectivity index (χ3v) is 3.01. The van der Waals surface area contributed by atoms with Crippen LogP contribution < -0.4 is 0 Å². The summed E-state index contributed by atoms with van der Waals surface area (Å²) in [5.74, 6) is 1.32. The Hall–Kier alpha value is -0.0400. The summed E-state index contributed by atoms with van der Waals surface area (Å²) >= 11 is 0. The minimum atomic E-state index is 0.391. The predicted octanol–water partition coefficient (Wildman–Crippen LogP) is 2.44. The second kappa shape index (κ2) is 3.14. The fraction of sp³-hybridized carbons (Fsp3) is 1.00. The molecule has 1 fully saturated rings. The highest BCUT2D eigenvalue weighted by atomic mass is 16.3. The van der Waals surface area contributed by atoms with E-state index in [-0.39, 0.29) is 0 Å². The van der Waals surface area contributed by atoms with Gasteiger partial charge in [-0.15, -0.1) is 0 Å². The molecule has 0 aromatic carbocycles. The Morgan fingerprint density at radius 2 is 1.91 bits per heavy atom. The van der Waals surface area contributed by atoms with Crippen LogP contribution in [0, 0.1) is 17.3 Å². The highest BCUT2D eigenvalue weighted by Crippen LogP contribution is 2.42. The van der Waals surface area contributed by atoms with Crippen molar-refractivity contribution in [2.75, 3.05) is 6.61 Å². The molecular formula is C10H20O. The summed E-state index contributed by atoms with van der Waals surface area (Å²) in [5.41, 5.74) is 0.393. The van der Waals surface area contributed by atoms with Gasteiger partial charge in [-0.1, -0.05) is 27.2 Å². The maximum atomic E-state index is 9.10. The number of hydrogen-bond donors (Lipinski definition) is 1. The predicted molar refractivity (Wildman–Crippen MR) is 47.4 cm³/mol. The number of hydrogen-bond acceptors (Lipinski definition) is 1. The van der Waals surface area contributed by atoms with Crippen LogP contribution in [-0.2, 0) is 0 Å². The molecule has 0 aliphatic heterocycles. The fourth-order valence-electron chi connectivity index (χ4n) is 2.40. The van der Waals surface area contributed by atoms with E-state index in [1.807, 2.05) is 0 Å². The van der Waals surface area contributed by atoms with Gasteiger partial charge in [0, 0.05) is 6.61 Å². The molecule has 0 spiro atoms. The van der Waals surface area contributed by atoms with E-state index in [4.69, 9.17) is 5.11 Å². The Kier molecular flexibility index (Phi) is 2.58. The van der Waals surface area contributed by atoms with Crippen LogP contribution in [0.15, 0.2) is 0 Å². The van der Waals surface area contributed by atoms with Crippen molar-refractivity contribution < 1.29 is 5.11 Å². The van der Waals surface area contributed by atoms with Crippen LogP contribution in [0.3, 0.4) is 0 Å². The Balaban J connectivity index is 2.57. The van der Waals surface area contributed by atoms with E-state index < -0.39 is 0 Å². The molecule has 66 valence electrons. The summed E-state index contributed by atoms with van der Waals surface area (Å²) in [4.78, 5) is 0. The maximum absolute atomic E-state index is 9.10. The van der Waals surface area contributed by atoms with Crippen LogP contribution in [0.25, 0.3) is 0 Å². The van der Waals surface area contributed by atoms with E-state index in [1.54, 1.807) is 0 Å². The molecule has 0 bridgehead atoms. The standard InChI is InChI=1S/C10H20O/c1-10(2,3)9-6-4-5-8(9)7-11/h8-9,11H,4-7H2,1-3H3/t8-,9+/m1/s1. The zero-order chi connectivity index (χ0) is 8.48. The van der Waals surface area contributed by atoms with E-state index in [2.05, 4.69) is 20.8 Å². The first-order valence-electron chi connectivity index (χ1n) is 4.66. The van der Waals surface area contributed by atoms with Crippen molar-refractivity contribution in [3.05, 3.63) is 0 Å². The lowest BCUT2D eigenvalue weighted by Gasteiger charge is -2.31. The summed E-state index contributed by atoms with van der Waals surface area (Å²) in [5, 5.41) is 9.10. The molecular weight excluding hydrogens is 136 g/mol. The van der Waals surface area contributed by atoms with Crippen molar-refractivity contribution in [1.82, 2.24) is 0 Å². The van der Waals surface area contributed by atoms with E-state index in [9.17, 15) is 0 Å². The summed E-state index contributed by atoms with van der Waals surface area (Å²) in [6, 6.07) is 0. The molecule has 1 N–H and O–H groups in total. The number of aliphatic hydroxyl groups is 1. The van der Waals surface area contributed by atoms with Crippen molar-refractivity contribution in [3.63, 3.8) is 0 Å². The van der Waals surface area contributed by atoms with Crippen LogP contribution in [0.2, 0.25) is 0 Å². The third kappa shape index (κ3) is 1.96. The summed E-state index contributed by atoms with van der Waals surface area (Å²) < 4.78 is 0. The Morgan fingerprint density at radius 3 is 2.27 bits per heavy atom. The van der Waals surface area contributed by atoms with Crippen molar-refractivity contribution in [3.8, 4) is 0 Å². The van der Waals surface area contributed by atoms with Gasteiger partial charge >= 0.3 is 0 Å². The molecule has 1 aliphatic carbocycles. The number of rotatable bonds is 1. The first kappa shape index (κ1) is 9.05. The highest BCUT2D eigenvalue weighted by molar-refractivity contribution is 4.85. The quantitative estimate of drug-likeness (QED) is 0.618. The third-order valence-electron chi connectivity index (χ3n) is 3.01. The van der Waals surface area contributed by atoms with Crippen molar-refractivity contribution >= 4 is 0 Å². The Bertz CT molecular complexity index is 123. The Morgan fingerprint density at radius 1 is 1.27 bits per heavy atom. The van der Waals surface area contributed by atoms with E-state index in [0.29, 0.717) is 17.9 Å². The van der Waals surface area contributed by atoms with Crippen molar-refractivity contribution in [2.45, 2.75) is 40.0 Å². The molecule has 1 aliphatic rings. The SMILES string of the molecule is CC(C)(C)[C@H]1CCC[C@@H]1CO. The lowest BCUT2D eigenvalue weighted by molar-refractivity contribution is 0.123. The van der Waals surface area contributed by atoms with E-state index in [1.165, 1.54) is 19.3 Å². The van der Waals surface area contributed by atoms with E-state index in [0.717, 1.165) is 5.92 Å². The van der Waals surface area contributed by atoms with Crippen LogP contribution in [-0.4, -0.2) is 11.7 Å². The molecule has 1 saturated carbocycles. The number of aliphatic hydroxyl groups excluding tert-OH is 1. The molecule has 2 atom stereocenters. The van der Waals surface area contributed by atoms with Crippen LogP contribution in [0.1, 0.15) is 40.0 Å². The molecule has 0 radical (unpaired) electrons. The monoisotopic (exact) mass is 156 g/mol. The molecule has 0 amide bonds. The normalized spacial score (nSPS) is 32.7. The summed E-state index contributed by atoms with van der Waals surface area (Å²) in [6.07, 6.45) is 3.86. The molecule has 0 saturated heterocycles. The molecule has 1 heteroatoms. The van der Waals surface area contributed by atoms with Crippen molar-refractivity contribution in [1.29, 1.82) is 0 Å². The van der Waals surface area contributed by atoms with Crippen LogP contribution in [0.5, 0.6) is 0 Å². The lowest BCUT2D eigenvalue weighted by atomic mass is 9.75. The molecule has 11 heavy (non-hydrogen) atoms. The maximum Gasteiger partial charge on any atom is 0.0462 e. The average Bonchev–Trinajstić information content (AvgIpc) is 2.31. The van der Waals surface area contributed by atoms with Crippen molar-refractivity contribution in [2.24, 2.45) is 17.3 Å². The first-order valence-corrected chi connectivity index (χ1v) is 4.66. The summed E-state index contributed by atoms with van der Waals surface area (Å²) in [6.45, 7) is 7.24. The topological polar surface area (TPSA) is 20.2 Å². The van der Waals surface area contributed by atoms with Gasteiger partial charge in [-0.3, -0.25) is 0 Å². The van der Waals surface area contributed by atoms with Gasteiger partial charge in [0.1, 0.15) is 0 Å². The molecule has 0 aromatic rings. The van der Waals surface area contributed by atoms with Gasteiger partial charge in [0.15, 0.2) is 0 Å². The van der Waals surface area contributed by atoms with Gasteiger partial charge in [0.05, 0.1) is 0 Å². The average molecular weight is 156 g/mol. The minimum absolute atomic E-state index is 0.391. The second-order valence-corrected chi connectivity index (χ2v) is 4.85. The molecule has 0 heterocycles. The molecule has 0 aromatic heterocycles. The zero-order valence-corrected chi connectivity index (χ0v) is 7.93. The lowest BCUT2D eigenvalue weighted by Crippen LogP contribution is -2.25. The largest absolute Gasteiger partial charge is 0.396 e. The smallest absolute Gasteiger partial charge is 0.0462 e. The molecule has 1 nitrogen and oxygen atoms in total. The summed E-state index contributed by atoms with van der Waals surface area (Å²) in [7, 11) is 0. The molecule has 0 unspecified atom stereocenters. The fourth-order valence-corrected chi connectivity index (χ4v) is 2.40. The van der Waals surface area contributed by atoms with Gasteiger partial charge in [-0.2, -0.15) is 0 Å². The highest BCUT2D eigenvalue weighted by Gasteiger charge is 2.35. The van der Waals surface area contributed by atoms with E-state index >= 15 is 0 Å². The van der Waals surface area contributed by atoms with Crippen LogP contribution in [0.4, 0.5) is 0 Å². The van der Waals surface area contributed by atoms with Gasteiger partial charge < -0.3 is 5.11 Å². The Labute approximate surface area is 69.8 Å². The first-order chi connectivity index (χ1) is 5.05. The zero-order valence-electron chi connectivity index (χ0n) is 7.93. The molecule has 1 rings (SSSR count). The van der Waals surface area contributed by atoms with Crippen LogP contribution >= 0.6 is 0 Å². The van der Waals surface area contributed by atoms with Gasteiger partial charge in [0.2, 0.25) is 0 Å². The van der Waals surface area contributed by atoms with Gasteiger partial charge in [-0.25, -0.2) is 0 Å². The second-order valence-electron chi connectivity index (χ2n) is 4.85.